The molecule has 0 radical (unpaired) electrons. The molecule has 1 aliphatic heterocycles. The molecule has 160 valence electrons. The molecule has 2 aliphatic rings. The van der Waals surface area contributed by atoms with Crippen LogP contribution in [0.3, 0.4) is 0 Å². The van der Waals surface area contributed by atoms with E-state index >= 15 is 0 Å². The van der Waals surface area contributed by atoms with Crippen molar-refractivity contribution in [2.24, 2.45) is 11.8 Å². The fraction of sp³-hybridized carbons (Fsp3) is 0.500. The van der Waals surface area contributed by atoms with Crippen LogP contribution in [0.15, 0.2) is 35.3 Å². The molecule has 1 N–H and O–H groups in total. The number of nitrogens with one attached hydrogen (secondary N) is 1. The van der Waals surface area contributed by atoms with E-state index in [-0.39, 0.29) is 23.9 Å². The van der Waals surface area contributed by atoms with E-state index in [1.165, 1.54) is 29.7 Å². The summed E-state index contributed by atoms with van der Waals surface area (Å²) in [5, 5.41) is 7.06. The number of hydrogen-bond acceptors (Lipinski definition) is 4. The predicted octanol–water partition coefficient (Wildman–Crippen LogP) is 2.85. The van der Waals surface area contributed by atoms with Gasteiger partial charge in [-0.05, 0) is 55.2 Å². The van der Waals surface area contributed by atoms with Gasteiger partial charge in [0, 0.05) is 44.7 Å². The molecule has 8 heteroatoms. The maximum atomic E-state index is 13.3. The highest BCUT2D eigenvalue weighted by Crippen LogP contribution is 2.30. The number of anilines is 1. The number of benzene rings is 1. The van der Waals surface area contributed by atoms with Gasteiger partial charge in [-0.3, -0.25) is 9.59 Å². The maximum Gasteiger partial charge on any atom is 0.268 e. The monoisotopic (exact) mass is 416 g/mol. The van der Waals surface area contributed by atoms with Crippen molar-refractivity contribution in [3.63, 3.8) is 0 Å². The average Bonchev–Trinajstić information content (AvgIpc) is 3.52. The molecule has 0 bridgehead atoms. The summed E-state index contributed by atoms with van der Waals surface area (Å²) in [6.45, 7) is 2.29. The van der Waals surface area contributed by atoms with Crippen LogP contribution in [0, 0.1) is 23.5 Å². The standard InChI is InChI=1S/C22H26F2N4O2/c23-18-6-17(7-19(24)9-18)11-25-21(29)8-16-2-1-5-27(13-16)20-10-22(30)28(26-12-20)14-15-3-4-15/h6-7,9-10,12,15-16H,1-5,8,11,13-14H2,(H,25,29). The molecule has 1 aliphatic carbocycles. The van der Waals surface area contributed by atoms with Gasteiger partial charge in [-0.1, -0.05) is 0 Å². The van der Waals surface area contributed by atoms with Gasteiger partial charge in [0.25, 0.3) is 5.56 Å². The summed E-state index contributed by atoms with van der Waals surface area (Å²) >= 11 is 0. The third kappa shape index (κ3) is 5.43. The molecule has 2 aromatic rings. The molecule has 1 saturated heterocycles. The summed E-state index contributed by atoms with van der Waals surface area (Å²) < 4.78 is 28.1. The molecule has 1 saturated carbocycles. The fourth-order valence-electron chi connectivity index (χ4n) is 3.99. The topological polar surface area (TPSA) is 67.2 Å². The van der Waals surface area contributed by atoms with Crippen molar-refractivity contribution in [2.45, 2.75) is 45.2 Å². The van der Waals surface area contributed by atoms with Gasteiger partial charge < -0.3 is 10.2 Å². The summed E-state index contributed by atoms with van der Waals surface area (Å²) in [6.07, 6.45) is 6.26. The number of piperidine rings is 1. The van der Waals surface area contributed by atoms with Crippen molar-refractivity contribution in [3.8, 4) is 0 Å². The SMILES string of the molecule is O=C(CC1CCCN(c2cnn(CC3CC3)c(=O)c2)C1)NCc1cc(F)cc(F)c1. The van der Waals surface area contributed by atoms with Crippen molar-refractivity contribution in [3.05, 3.63) is 58.0 Å². The first kappa shape index (κ1) is 20.5. The van der Waals surface area contributed by atoms with Crippen molar-refractivity contribution in [2.75, 3.05) is 18.0 Å². The van der Waals surface area contributed by atoms with E-state index in [9.17, 15) is 18.4 Å². The molecular weight excluding hydrogens is 390 g/mol. The van der Waals surface area contributed by atoms with Crippen molar-refractivity contribution < 1.29 is 13.6 Å². The third-order valence-corrected chi connectivity index (χ3v) is 5.75. The maximum absolute atomic E-state index is 13.3. The van der Waals surface area contributed by atoms with E-state index in [2.05, 4.69) is 15.3 Å². The van der Waals surface area contributed by atoms with Gasteiger partial charge in [-0.2, -0.15) is 5.10 Å². The molecule has 1 unspecified atom stereocenters. The largest absolute Gasteiger partial charge is 0.370 e. The Balaban J connectivity index is 1.30. The van der Waals surface area contributed by atoms with Crippen LogP contribution in [0.2, 0.25) is 0 Å². The lowest BCUT2D eigenvalue weighted by atomic mass is 9.94. The summed E-state index contributed by atoms with van der Waals surface area (Å²) in [7, 11) is 0. The van der Waals surface area contributed by atoms with Crippen LogP contribution in [-0.2, 0) is 17.9 Å². The highest BCUT2D eigenvalue weighted by Gasteiger charge is 2.25. The molecule has 4 rings (SSSR count). The van der Waals surface area contributed by atoms with Gasteiger partial charge in [0.2, 0.25) is 5.91 Å². The number of hydrogen-bond donors (Lipinski definition) is 1. The summed E-state index contributed by atoms with van der Waals surface area (Å²) in [5.74, 6) is -0.728. The van der Waals surface area contributed by atoms with Gasteiger partial charge in [0.05, 0.1) is 11.9 Å². The van der Waals surface area contributed by atoms with E-state index in [1.807, 2.05) is 0 Å². The Kier molecular flexibility index (Phi) is 6.11. The average molecular weight is 416 g/mol. The Morgan fingerprint density at radius 3 is 2.57 bits per heavy atom. The number of nitrogens with zero attached hydrogens (tertiary/aromatic N) is 3. The molecule has 0 spiro atoms. The number of aromatic nitrogens is 2. The minimum atomic E-state index is -0.658. The number of amides is 1. The quantitative estimate of drug-likeness (QED) is 0.754. The molecule has 6 nitrogen and oxygen atoms in total. The van der Waals surface area contributed by atoms with Crippen molar-refractivity contribution in [1.29, 1.82) is 0 Å². The molecule has 1 amide bonds. The van der Waals surface area contributed by atoms with Crippen LogP contribution in [-0.4, -0.2) is 28.8 Å². The minimum absolute atomic E-state index is 0.0819. The van der Waals surface area contributed by atoms with Crippen LogP contribution in [0.1, 0.15) is 37.7 Å². The molecular formula is C22H26F2N4O2. The first-order chi connectivity index (χ1) is 14.5. The summed E-state index contributed by atoms with van der Waals surface area (Å²) in [5.41, 5.74) is 1.11. The van der Waals surface area contributed by atoms with Crippen LogP contribution in [0.4, 0.5) is 14.5 Å². The van der Waals surface area contributed by atoms with E-state index in [1.54, 1.807) is 12.3 Å². The molecule has 1 aromatic heterocycles. The zero-order valence-electron chi connectivity index (χ0n) is 16.8. The molecule has 1 aromatic carbocycles. The molecule has 2 heterocycles. The fourth-order valence-corrected chi connectivity index (χ4v) is 3.99. The van der Waals surface area contributed by atoms with Crippen molar-refractivity contribution >= 4 is 11.6 Å². The van der Waals surface area contributed by atoms with Gasteiger partial charge in [0.1, 0.15) is 11.6 Å². The second-order valence-corrected chi connectivity index (χ2v) is 8.39. The van der Waals surface area contributed by atoms with Gasteiger partial charge >= 0.3 is 0 Å². The van der Waals surface area contributed by atoms with Crippen LogP contribution in [0.25, 0.3) is 0 Å². The Morgan fingerprint density at radius 1 is 1.10 bits per heavy atom. The zero-order valence-corrected chi connectivity index (χ0v) is 16.8. The molecule has 2 fully saturated rings. The molecule has 30 heavy (non-hydrogen) atoms. The van der Waals surface area contributed by atoms with E-state index in [0.29, 0.717) is 31.0 Å². The first-order valence-electron chi connectivity index (χ1n) is 10.5. The number of carbonyl (C=O) groups excluding carboxylic acids is 1. The Bertz CT molecular complexity index is 954. The van der Waals surface area contributed by atoms with Crippen LogP contribution >= 0.6 is 0 Å². The Hall–Kier alpha value is -2.77. The molecule has 1 atom stereocenters. The van der Waals surface area contributed by atoms with E-state index < -0.39 is 11.6 Å². The zero-order chi connectivity index (χ0) is 21.1. The van der Waals surface area contributed by atoms with E-state index in [0.717, 1.165) is 31.1 Å². The summed E-state index contributed by atoms with van der Waals surface area (Å²) in [6, 6.07) is 4.87. The smallest absolute Gasteiger partial charge is 0.268 e. The van der Waals surface area contributed by atoms with Crippen LogP contribution < -0.4 is 15.8 Å². The Morgan fingerprint density at radius 2 is 1.87 bits per heavy atom. The van der Waals surface area contributed by atoms with Gasteiger partial charge in [-0.15, -0.1) is 0 Å². The lowest BCUT2D eigenvalue weighted by Gasteiger charge is -2.34. The lowest BCUT2D eigenvalue weighted by Crippen LogP contribution is -2.38. The van der Waals surface area contributed by atoms with Gasteiger partial charge in [0.15, 0.2) is 0 Å². The van der Waals surface area contributed by atoms with Crippen LogP contribution in [0.5, 0.6) is 0 Å². The number of halogens is 2. The summed E-state index contributed by atoms with van der Waals surface area (Å²) in [4.78, 5) is 26.8. The second-order valence-electron chi connectivity index (χ2n) is 8.39. The predicted molar refractivity (Wildman–Crippen MR) is 109 cm³/mol. The van der Waals surface area contributed by atoms with E-state index in [4.69, 9.17) is 0 Å². The number of carbonyl (C=O) groups is 1. The highest BCUT2D eigenvalue weighted by molar-refractivity contribution is 5.76. The lowest BCUT2D eigenvalue weighted by molar-refractivity contribution is -0.122. The van der Waals surface area contributed by atoms with Crippen molar-refractivity contribution in [1.82, 2.24) is 15.1 Å². The normalized spacial score (nSPS) is 19.0. The number of rotatable bonds is 7. The third-order valence-electron chi connectivity index (χ3n) is 5.75. The Labute approximate surface area is 173 Å². The second kappa shape index (κ2) is 8.93. The minimum Gasteiger partial charge on any atom is -0.370 e. The first-order valence-corrected chi connectivity index (χ1v) is 10.5. The highest BCUT2D eigenvalue weighted by atomic mass is 19.1. The van der Waals surface area contributed by atoms with Gasteiger partial charge in [-0.25, -0.2) is 13.5 Å².